The number of aromatic nitrogens is 3. The summed E-state index contributed by atoms with van der Waals surface area (Å²) in [6.45, 7) is 4.32. The molecular weight excluding hydrogens is 228 g/mol. The number of nitrogens with zero attached hydrogens (tertiary/aromatic N) is 4. The van der Waals surface area contributed by atoms with E-state index in [-0.39, 0.29) is 11.5 Å². The van der Waals surface area contributed by atoms with Gasteiger partial charge in [0, 0.05) is 12.7 Å². The molecule has 0 aliphatic heterocycles. The number of hydrogen-bond donors (Lipinski definition) is 0. The van der Waals surface area contributed by atoms with Gasteiger partial charge >= 0.3 is 0 Å². The number of carbonyl (C=O) groups excluding carboxylic acids is 1. The Bertz CT molecular complexity index is 622. The molecule has 0 aliphatic carbocycles. The van der Waals surface area contributed by atoms with Gasteiger partial charge in [-0.25, -0.2) is 0 Å². The third-order valence-electron chi connectivity index (χ3n) is 2.73. The fourth-order valence-corrected chi connectivity index (χ4v) is 1.77. The minimum absolute atomic E-state index is 0.176. The highest BCUT2D eigenvalue weighted by Gasteiger charge is 2.21. The Labute approximate surface area is 105 Å². The second kappa shape index (κ2) is 4.80. The van der Waals surface area contributed by atoms with Crippen LogP contribution < -0.4 is 0 Å². The minimum Gasteiger partial charge on any atom is -0.285 e. The van der Waals surface area contributed by atoms with Gasteiger partial charge in [-0.3, -0.25) is 14.5 Å². The van der Waals surface area contributed by atoms with Crippen LogP contribution in [0, 0.1) is 18.3 Å². The maximum atomic E-state index is 12.2. The molecule has 2 heterocycles. The summed E-state index contributed by atoms with van der Waals surface area (Å²) in [6.07, 6.45) is 1.54. The van der Waals surface area contributed by atoms with Gasteiger partial charge in [0.2, 0.25) is 5.78 Å². The van der Waals surface area contributed by atoms with E-state index in [1.54, 1.807) is 36.0 Å². The van der Waals surface area contributed by atoms with E-state index in [0.717, 1.165) is 0 Å². The van der Waals surface area contributed by atoms with Crippen LogP contribution in [0.3, 0.4) is 0 Å². The van der Waals surface area contributed by atoms with Gasteiger partial charge in [-0.2, -0.15) is 10.4 Å². The molecule has 2 aromatic rings. The molecule has 0 radical (unpaired) electrons. The SMILES string of the molecule is CCn1nc(C(=O)c2ccccn2)c(C#N)c1C. The van der Waals surface area contributed by atoms with Crippen molar-refractivity contribution in [2.75, 3.05) is 0 Å². The predicted molar refractivity (Wildman–Crippen MR) is 65.0 cm³/mol. The van der Waals surface area contributed by atoms with Crippen LogP contribution in [0.25, 0.3) is 0 Å². The molecule has 0 atom stereocenters. The summed E-state index contributed by atoms with van der Waals surface area (Å²) >= 11 is 0. The third kappa shape index (κ3) is 1.89. The monoisotopic (exact) mass is 240 g/mol. The Hall–Kier alpha value is -2.48. The van der Waals surface area contributed by atoms with Crippen molar-refractivity contribution in [1.29, 1.82) is 5.26 Å². The molecule has 90 valence electrons. The maximum absolute atomic E-state index is 12.2. The Morgan fingerprint density at radius 1 is 1.50 bits per heavy atom. The second-order valence-electron chi connectivity index (χ2n) is 3.78. The van der Waals surface area contributed by atoms with E-state index < -0.39 is 0 Å². The molecule has 18 heavy (non-hydrogen) atoms. The molecule has 0 saturated heterocycles. The summed E-state index contributed by atoms with van der Waals surface area (Å²) in [5, 5.41) is 13.3. The van der Waals surface area contributed by atoms with Crippen LogP contribution in [0.1, 0.15) is 34.4 Å². The first-order valence-corrected chi connectivity index (χ1v) is 5.62. The fourth-order valence-electron chi connectivity index (χ4n) is 1.77. The molecule has 2 aromatic heterocycles. The molecule has 0 aliphatic rings. The lowest BCUT2D eigenvalue weighted by atomic mass is 10.1. The summed E-state index contributed by atoms with van der Waals surface area (Å²) in [4.78, 5) is 16.2. The van der Waals surface area contributed by atoms with Crippen molar-refractivity contribution in [1.82, 2.24) is 14.8 Å². The molecule has 0 spiro atoms. The molecule has 0 unspecified atom stereocenters. The zero-order valence-electron chi connectivity index (χ0n) is 10.2. The van der Waals surface area contributed by atoms with Gasteiger partial charge in [0.15, 0.2) is 5.69 Å². The average Bonchev–Trinajstić information content (AvgIpc) is 2.75. The molecule has 2 rings (SSSR count). The molecule has 0 aromatic carbocycles. The summed E-state index contributed by atoms with van der Waals surface area (Å²) in [6, 6.07) is 7.12. The van der Waals surface area contributed by atoms with Crippen molar-refractivity contribution in [3.05, 3.63) is 47.0 Å². The first-order chi connectivity index (χ1) is 8.69. The van der Waals surface area contributed by atoms with Gasteiger partial charge < -0.3 is 0 Å². The zero-order valence-corrected chi connectivity index (χ0v) is 10.2. The summed E-state index contributed by atoms with van der Waals surface area (Å²) in [5.74, 6) is -0.317. The number of carbonyl (C=O) groups is 1. The van der Waals surface area contributed by atoms with Gasteiger partial charge in [0.1, 0.15) is 17.3 Å². The minimum atomic E-state index is -0.317. The van der Waals surface area contributed by atoms with E-state index >= 15 is 0 Å². The predicted octanol–water partition coefficient (Wildman–Crippen LogP) is 1.71. The Morgan fingerprint density at radius 3 is 2.83 bits per heavy atom. The van der Waals surface area contributed by atoms with Gasteiger partial charge in [-0.15, -0.1) is 0 Å². The highest BCUT2D eigenvalue weighted by molar-refractivity contribution is 6.07. The zero-order chi connectivity index (χ0) is 13.1. The first-order valence-electron chi connectivity index (χ1n) is 5.62. The topological polar surface area (TPSA) is 71.6 Å². The number of ketones is 1. The lowest BCUT2D eigenvalue weighted by molar-refractivity contribution is 0.102. The number of aryl methyl sites for hydroxylation is 1. The van der Waals surface area contributed by atoms with Crippen LogP contribution >= 0.6 is 0 Å². The number of pyridine rings is 1. The molecule has 5 nitrogen and oxygen atoms in total. The van der Waals surface area contributed by atoms with Gasteiger partial charge in [0.25, 0.3) is 0 Å². The smallest absolute Gasteiger partial charge is 0.232 e. The molecule has 5 heteroatoms. The second-order valence-corrected chi connectivity index (χ2v) is 3.78. The van der Waals surface area contributed by atoms with Crippen LogP contribution in [0.15, 0.2) is 24.4 Å². The van der Waals surface area contributed by atoms with Crippen molar-refractivity contribution in [3.8, 4) is 6.07 Å². The van der Waals surface area contributed by atoms with E-state index in [9.17, 15) is 4.79 Å². The van der Waals surface area contributed by atoms with Crippen LogP contribution in [0.4, 0.5) is 0 Å². The standard InChI is InChI=1S/C13H12N4O/c1-3-17-9(2)10(8-14)12(16-17)13(18)11-6-4-5-7-15-11/h4-7H,3H2,1-2H3. The quantitative estimate of drug-likeness (QED) is 0.765. The molecule has 0 bridgehead atoms. The molecular formula is C13H12N4O. The lowest BCUT2D eigenvalue weighted by Crippen LogP contribution is -2.07. The molecule has 0 amide bonds. The van der Waals surface area contributed by atoms with Crippen LogP contribution in [-0.2, 0) is 6.54 Å². The average molecular weight is 240 g/mol. The number of rotatable bonds is 3. The largest absolute Gasteiger partial charge is 0.285 e. The maximum Gasteiger partial charge on any atom is 0.232 e. The van der Waals surface area contributed by atoms with E-state index in [1.165, 1.54) is 0 Å². The van der Waals surface area contributed by atoms with Gasteiger partial charge in [0.05, 0.1) is 5.69 Å². The Kier molecular flexibility index (Phi) is 3.20. The summed E-state index contributed by atoms with van der Waals surface area (Å²) in [5.41, 5.74) is 1.51. The van der Waals surface area contributed by atoms with Crippen molar-refractivity contribution >= 4 is 5.78 Å². The van der Waals surface area contributed by atoms with Crippen LogP contribution in [0.5, 0.6) is 0 Å². The first kappa shape index (κ1) is 12.0. The molecule has 0 saturated carbocycles. The van der Waals surface area contributed by atoms with Crippen molar-refractivity contribution in [2.45, 2.75) is 20.4 Å². The normalized spacial score (nSPS) is 10.1. The third-order valence-corrected chi connectivity index (χ3v) is 2.73. The highest BCUT2D eigenvalue weighted by Crippen LogP contribution is 2.15. The van der Waals surface area contributed by atoms with Crippen LogP contribution in [0.2, 0.25) is 0 Å². The van der Waals surface area contributed by atoms with Crippen molar-refractivity contribution < 1.29 is 4.79 Å². The fraction of sp³-hybridized carbons (Fsp3) is 0.231. The molecule has 0 N–H and O–H groups in total. The number of hydrogen-bond acceptors (Lipinski definition) is 4. The van der Waals surface area contributed by atoms with E-state index in [1.807, 2.05) is 13.0 Å². The van der Waals surface area contributed by atoms with E-state index in [4.69, 9.17) is 5.26 Å². The van der Waals surface area contributed by atoms with E-state index in [0.29, 0.717) is 23.5 Å². The summed E-state index contributed by atoms with van der Waals surface area (Å²) in [7, 11) is 0. The van der Waals surface area contributed by atoms with Gasteiger partial charge in [-0.1, -0.05) is 6.07 Å². The van der Waals surface area contributed by atoms with Crippen molar-refractivity contribution in [2.24, 2.45) is 0 Å². The van der Waals surface area contributed by atoms with Crippen LogP contribution in [-0.4, -0.2) is 20.5 Å². The lowest BCUT2D eigenvalue weighted by Gasteiger charge is -1.96. The van der Waals surface area contributed by atoms with Gasteiger partial charge in [-0.05, 0) is 26.0 Å². The Morgan fingerprint density at radius 2 is 2.28 bits per heavy atom. The Balaban J connectivity index is 2.53. The highest BCUT2D eigenvalue weighted by atomic mass is 16.1. The molecule has 0 fully saturated rings. The van der Waals surface area contributed by atoms with Crippen molar-refractivity contribution in [3.63, 3.8) is 0 Å². The van der Waals surface area contributed by atoms with E-state index in [2.05, 4.69) is 10.1 Å². The number of nitriles is 1. The summed E-state index contributed by atoms with van der Waals surface area (Å²) < 4.78 is 1.65.